The molecule has 2 aliphatic heterocycles. The lowest BCUT2D eigenvalue weighted by atomic mass is 9.79. The Morgan fingerprint density at radius 1 is 1.12 bits per heavy atom. The topological polar surface area (TPSA) is 84.7 Å². The molecular formula is C25H22FN3O4. The highest BCUT2D eigenvalue weighted by Crippen LogP contribution is 2.51. The van der Waals surface area contributed by atoms with Gasteiger partial charge in [-0.3, -0.25) is 19.8 Å². The van der Waals surface area contributed by atoms with Crippen LogP contribution in [0.5, 0.6) is 5.75 Å². The number of hydrogen-bond donors (Lipinski definition) is 1. The van der Waals surface area contributed by atoms with Crippen LogP contribution >= 0.6 is 0 Å². The molecule has 1 amide bonds. The van der Waals surface area contributed by atoms with Crippen LogP contribution in [0.2, 0.25) is 0 Å². The van der Waals surface area contributed by atoms with Gasteiger partial charge >= 0.3 is 0 Å². The summed E-state index contributed by atoms with van der Waals surface area (Å²) in [7, 11) is 1.76. The van der Waals surface area contributed by atoms with Gasteiger partial charge in [0.1, 0.15) is 18.2 Å². The highest BCUT2D eigenvalue weighted by molar-refractivity contribution is 6.06. The summed E-state index contributed by atoms with van der Waals surface area (Å²) in [6.07, 6.45) is 0. The number of anilines is 1. The number of nitro groups is 1. The molecule has 3 aromatic carbocycles. The monoisotopic (exact) mass is 447 g/mol. The fraction of sp³-hybridized carbons (Fsp3) is 0.240. The maximum atomic E-state index is 13.2. The van der Waals surface area contributed by atoms with Crippen molar-refractivity contribution in [2.24, 2.45) is 0 Å². The van der Waals surface area contributed by atoms with Gasteiger partial charge in [-0.25, -0.2) is 4.39 Å². The van der Waals surface area contributed by atoms with E-state index in [-0.39, 0.29) is 23.3 Å². The summed E-state index contributed by atoms with van der Waals surface area (Å²) < 4.78 is 18.8. The highest BCUT2D eigenvalue weighted by Gasteiger charge is 2.68. The standard InChI is InChI=1S/C25H22FN3O4/c1-28-14-20(17-8-12-19(13-9-17)33-15-16-6-10-18(26)11-7-16)23(29(31)32)25(28)21-4-2-3-5-22(21)27-24(25)30/h2-13,20,23H,14-15H2,1H3,(H,27,30)/t20-,23+,25-/m1/s1. The number of carbonyl (C=O) groups excluding carboxylic acids is 1. The number of carbonyl (C=O) groups is 1. The molecule has 0 aromatic heterocycles. The Morgan fingerprint density at radius 2 is 1.82 bits per heavy atom. The second kappa shape index (κ2) is 7.97. The van der Waals surface area contributed by atoms with Crippen LogP contribution in [0.25, 0.3) is 0 Å². The highest BCUT2D eigenvalue weighted by atomic mass is 19.1. The van der Waals surface area contributed by atoms with Crippen molar-refractivity contribution in [3.05, 3.63) is 105 Å². The third kappa shape index (κ3) is 3.34. The Bertz CT molecular complexity index is 1220. The van der Waals surface area contributed by atoms with Crippen LogP contribution in [0.15, 0.2) is 72.8 Å². The first-order valence-electron chi connectivity index (χ1n) is 10.6. The van der Waals surface area contributed by atoms with Gasteiger partial charge in [-0.15, -0.1) is 0 Å². The fourth-order valence-corrected chi connectivity index (χ4v) is 5.14. The van der Waals surface area contributed by atoms with Gasteiger partial charge in [-0.1, -0.05) is 42.5 Å². The number of hydrogen-bond acceptors (Lipinski definition) is 5. The molecule has 0 bridgehead atoms. The zero-order chi connectivity index (χ0) is 23.2. The van der Waals surface area contributed by atoms with E-state index in [2.05, 4.69) is 5.32 Å². The van der Waals surface area contributed by atoms with Crippen molar-refractivity contribution in [3.8, 4) is 5.75 Å². The maximum Gasteiger partial charge on any atom is 0.256 e. The number of fused-ring (bicyclic) bond motifs is 2. The van der Waals surface area contributed by atoms with E-state index in [0.717, 1.165) is 11.1 Å². The molecule has 8 heteroatoms. The summed E-state index contributed by atoms with van der Waals surface area (Å²) in [4.78, 5) is 27.0. The molecule has 2 heterocycles. The van der Waals surface area contributed by atoms with Crippen LogP contribution < -0.4 is 10.1 Å². The van der Waals surface area contributed by atoms with Gasteiger partial charge in [0.05, 0.1) is 5.92 Å². The van der Waals surface area contributed by atoms with Crippen LogP contribution in [0.1, 0.15) is 22.6 Å². The molecule has 33 heavy (non-hydrogen) atoms. The van der Waals surface area contributed by atoms with Crippen molar-refractivity contribution in [2.75, 3.05) is 18.9 Å². The molecule has 1 spiro atoms. The molecule has 5 rings (SSSR count). The molecule has 7 nitrogen and oxygen atoms in total. The van der Waals surface area contributed by atoms with Gasteiger partial charge in [0.2, 0.25) is 0 Å². The number of benzene rings is 3. The molecule has 1 fully saturated rings. The Balaban J connectivity index is 1.42. The van der Waals surface area contributed by atoms with Crippen LogP contribution in [-0.2, 0) is 16.9 Å². The van der Waals surface area contributed by atoms with Crippen LogP contribution in [0, 0.1) is 15.9 Å². The second-order valence-electron chi connectivity index (χ2n) is 8.47. The number of amides is 1. The smallest absolute Gasteiger partial charge is 0.256 e. The Kier molecular flexibility index (Phi) is 5.09. The van der Waals surface area contributed by atoms with E-state index in [4.69, 9.17) is 4.74 Å². The lowest BCUT2D eigenvalue weighted by Gasteiger charge is -2.30. The average Bonchev–Trinajstić information content (AvgIpc) is 3.29. The van der Waals surface area contributed by atoms with E-state index in [1.807, 2.05) is 12.1 Å². The van der Waals surface area contributed by atoms with Crippen molar-refractivity contribution in [1.29, 1.82) is 0 Å². The molecule has 168 valence electrons. The lowest BCUT2D eigenvalue weighted by Crippen LogP contribution is -2.54. The van der Waals surface area contributed by atoms with Crippen LogP contribution in [0.4, 0.5) is 10.1 Å². The quantitative estimate of drug-likeness (QED) is 0.473. The van der Waals surface area contributed by atoms with Crippen molar-refractivity contribution in [1.82, 2.24) is 4.90 Å². The molecule has 3 atom stereocenters. The predicted molar refractivity (Wildman–Crippen MR) is 120 cm³/mol. The van der Waals surface area contributed by atoms with Crippen molar-refractivity contribution >= 4 is 11.6 Å². The lowest BCUT2D eigenvalue weighted by molar-refractivity contribution is -0.534. The van der Waals surface area contributed by atoms with Crippen LogP contribution in [-0.4, -0.2) is 35.4 Å². The van der Waals surface area contributed by atoms with Crippen molar-refractivity contribution in [2.45, 2.75) is 24.1 Å². The van der Waals surface area contributed by atoms with Gasteiger partial charge in [-0.05, 0) is 48.5 Å². The molecule has 0 unspecified atom stereocenters. The normalized spacial score (nSPS) is 24.0. The van der Waals surface area contributed by atoms with Gasteiger partial charge in [0, 0.05) is 22.7 Å². The number of ether oxygens (including phenoxy) is 1. The largest absolute Gasteiger partial charge is 0.489 e. The summed E-state index contributed by atoms with van der Waals surface area (Å²) in [5.41, 5.74) is 1.50. The van der Waals surface area contributed by atoms with Crippen molar-refractivity contribution < 1.29 is 18.8 Å². The SMILES string of the molecule is CN1C[C@H](c2ccc(OCc3ccc(F)cc3)cc2)[C@H]([N+](=O)[O-])[C@]12C(=O)Nc1ccccc12. The molecule has 1 saturated heterocycles. The maximum absolute atomic E-state index is 13.2. The first-order valence-corrected chi connectivity index (χ1v) is 10.6. The Morgan fingerprint density at radius 3 is 2.52 bits per heavy atom. The first-order chi connectivity index (χ1) is 15.9. The van der Waals surface area contributed by atoms with Crippen LogP contribution in [0.3, 0.4) is 0 Å². The molecule has 0 saturated carbocycles. The summed E-state index contributed by atoms with van der Waals surface area (Å²) >= 11 is 0. The average molecular weight is 447 g/mol. The Hall–Kier alpha value is -3.78. The number of likely N-dealkylation sites (tertiary alicyclic amines) is 1. The molecule has 1 N–H and O–H groups in total. The zero-order valence-corrected chi connectivity index (χ0v) is 17.9. The molecule has 3 aromatic rings. The van der Waals surface area contributed by atoms with E-state index >= 15 is 0 Å². The number of halogens is 1. The van der Waals surface area contributed by atoms with E-state index in [0.29, 0.717) is 23.5 Å². The van der Waals surface area contributed by atoms with E-state index < -0.39 is 17.5 Å². The van der Waals surface area contributed by atoms with Gasteiger partial charge in [0.25, 0.3) is 11.9 Å². The minimum absolute atomic E-state index is 0.281. The minimum Gasteiger partial charge on any atom is -0.489 e. The molecule has 0 aliphatic carbocycles. The third-order valence-corrected chi connectivity index (χ3v) is 6.67. The van der Waals surface area contributed by atoms with Gasteiger partial charge in [0.15, 0.2) is 5.54 Å². The number of likely N-dealkylation sites (N-methyl/N-ethyl adjacent to an activating group) is 1. The number of nitrogens with zero attached hydrogens (tertiary/aromatic N) is 2. The molecule has 0 radical (unpaired) electrons. The summed E-state index contributed by atoms with van der Waals surface area (Å²) in [6.45, 7) is 0.645. The summed E-state index contributed by atoms with van der Waals surface area (Å²) in [5.74, 6) is -0.547. The number of para-hydroxylation sites is 1. The van der Waals surface area contributed by atoms with Crippen molar-refractivity contribution in [3.63, 3.8) is 0 Å². The van der Waals surface area contributed by atoms with E-state index in [9.17, 15) is 19.3 Å². The predicted octanol–water partition coefficient (Wildman–Crippen LogP) is 3.93. The van der Waals surface area contributed by atoms with E-state index in [1.54, 1.807) is 60.5 Å². The van der Waals surface area contributed by atoms with E-state index in [1.165, 1.54) is 12.1 Å². The second-order valence-corrected chi connectivity index (χ2v) is 8.47. The third-order valence-electron chi connectivity index (χ3n) is 6.67. The molecular weight excluding hydrogens is 425 g/mol. The minimum atomic E-state index is -1.36. The summed E-state index contributed by atoms with van der Waals surface area (Å²) in [5, 5.41) is 15.2. The number of nitrogens with one attached hydrogen (secondary N) is 1. The van der Waals surface area contributed by atoms with Gasteiger partial charge in [-0.2, -0.15) is 0 Å². The van der Waals surface area contributed by atoms with Gasteiger partial charge < -0.3 is 10.1 Å². The Labute approximate surface area is 189 Å². The number of rotatable bonds is 5. The zero-order valence-electron chi connectivity index (χ0n) is 17.9. The first kappa shape index (κ1) is 21.1. The fourth-order valence-electron chi connectivity index (χ4n) is 5.14. The molecule has 2 aliphatic rings. The summed E-state index contributed by atoms with van der Waals surface area (Å²) in [6, 6.07) is 19.2.